The van der Waals surface area contributed by atoms with Crippen LogP contribution in [-0.4, -0.2) is 36.1 Å². The maximum atomic E-state index is 4.35. The average Bonchev–Trinajstić information content (AvgIpc) is 3.26. The summed E-state index contributed by atoms with van der Waals surface area (Å²) in [7, 11) is 2.08. The first-order chi connectivity index (χ1) is 9.40. The molecule has 1 saturated carbocycles. The molecule has 1 aliphatic carbocycles. The van der Waals surface area contributed by atoms with E-state index in [4.69, 9.17) is 0 Å². The van der Waals surface area contributed by atoms with E-state index in [1.807, 2.05) is 6.20 Å². The summed E-state index contributed by atoms with van der Waals surface area (Å²) < 4.78 is 0. The van der Waals surface area contributed by atoms with Gasteiger partial charge in [0.05, 0.1) is 0 Å². The third kappa shape index (κ3) is 2.98. The molecule has 3 heteroatoms. The second kappa shape index (κ2) is 6.02. The molecular formula is C16H25N3. The Bertz CT molecular complexity index is 388. The smallest absolute Gasteiger partial charge is 0.0406 e. The van der Waals surface area contributed by atoms with Crippen LogP contribution in [0.5, 0.6) is 0 Å². The zero-order valence-corrected chi connectivity index (χ0v) is 11.9. The van der Waals surface area contributed by atoms with Crippen LogP contribution < -0.4 is 5.32 Å². The maximum absolute atomic E-state index is 4.35. The Morgan fingerprint density at radius 2 is 2.21 bits per heavy atom. The van der Waals surface area contributed by atoms with Crippen molar-refractivity contribution in [1.82, 2.24) is 15.2 Å². The van der Waals surface area contributed by atoms with Gasteiger partial charge in [-0.15, -0.1) is 0 Å². The van der Waals surface area contributed by atoms with Crippen LogP contribution in [-0.2, 0) is 0 Å². The predicted octanol–water partition coefficient (Wildman–Crippen LogP) is 2.61. The first-order valence-electron chi connectivity index (χ1n) is 7.70. The van der Waals surface area contributed by atoms with Gasteiger partial charge in [-0.1, -0.05) is 12.5 Å². The zero-order valence-electron chi connectivity index (χ0n) is 11.9. The molecule has 0 spiro atoms. The SMILES string of the molecule is CNCC1CCCCN(C2CC2)C1c1cccnc1. The second-order valence-corrected chi connectivity index (χ2v) is 6.01. The number of pyridine rings is 1. The predicted molar refractivity (Wildman–Crippen MR) is 78.0 cm³/mol. The van der Waals surface area contributed by atoms with Crippen molar-refractivity contribution in [3.63, 3.8) is 0 Å². The summed E-state index contributed by atoms with van der Waals surface area (Å²) >= 11 is 0. The average molecular weight is 259 g/mol. The largest absolute Gasteiger partial charge is 0.319 e. The molecule has 3 rings (SSSR count). The summed E-state index contributed by atoms with van der Waals surface area (Å²) in [4.78, 5) is 7.12. The molecular weight excluding hydrogens is 234 g/mol. The van der Waals surface area contributed by atoms with E-state index >= 15 is 0 Å². The Hall–Kier alpha value is -0.930. The highest BCUT2D eigenvalue weighted by Gasteiger charge is 2.39. The van der Waals surface area contributed by atoms with Crippen molar-refractivity contribution in [2.75, 3.05) is 20.1 Å². The van der Waals surface area contributed by atoms with E-state index in [1.165, 1.54) is 44.2 Å². The topological polar surface area (TPSA) is 28.2 Å². The molecule has 0 radical (unpaired) electrons. The molecule has 104 valence electrons. The normalized spacial score (nSPS) is 29.1. The highest BCUT2D eigenvalue weighted by Crippen LogP contribution is 2.41. The van der Waals surface area contributed by atoms with Gasteiger partial charge in [-0.2, -0.15) is 0 Å². The van der Waals surface area contributed by atoms with Gasteiger partial charge in [0.25, 0.3) is 0 Å². The second-order valence-electron chi connectivity index (χ2n) is 6.01. The van der Waals surface area contributed by atoms with Crippen LogP contribution in [0.4, 0.5) is 0 Å². The molecule has 2 aliphatic rings. The fraction of sp³-hybridized carbons (Fsp3) is 0.688. The molecule has 0 bridgehead atoms. The summed E-state index contributed by atoms with van der Waals surface area (Å²) in [5.74, 6) is 0.720. The van der Waals surface area contributed by atoms with E-state index < -0.39 is 0 Å². The van der Waals surface area contributed by atoms with E-state index in [9.17, 15) is 0 Å². The first-order valence-corrected chi connectivity index (χ1v) is 7.70. The Morgan fingerprint density at radius 3 is 2.89 bits per heavy atom. The van der Waals surface area contributed by atoms with Crippen molar-refractivity contribution in [2.45, 2.75) is 44.2 Å². The quantitative estimate of drug-likeness (QED) is 0.901. The van der Waals surface area contributed by atoms with E-state index in [2.05, 4.69) is 40.6 Å². The molecule has 3 nitrogen and oxygen atoms in total. The zero-order chi connectivity index (χ0) is 13.1. The van der Waals surface area contributed by atoms with Crippen molar-refractivity contribution in [3.05, 3.63) is 30.1 Å². The standard InChI is InChI=1S/C16H25N3/c1-17-11-13-5-2-3-10-19(15-7-8-15)16(13)14-6-4-9-18-12-14/h4,6,9,12-13,15-17H,2-3,5,7-8,10-11H2,1H3. The highest BCUT2D eigenvalue weighted by atomic mass is 15.2. The number of nitrogens with zero attached hydrogens (tertiary/aromatic N) is 2. The van der Waals surface area contributed by atoms with Crippen molar-refractivity contribution >= 4 is 0 Å². The van der Waals surface area contributed by atoms with E-state index in [0.29, 0.717) is 6.04 Å². The Labute approximate surface area is 116 Å². The summed E-state index contributed by atoms with van der Waals surface area (Å²) in [6, 6.07) is 5.75. The minimum atomic E-state index is 0.566. The lowest BCUT2D eigenvalue weighted by molar-refractivity contribution is 0.145. The van der Waals surface area contributed by atoms with Gasteiger partial charge in [-0.05, 0) is 63.4 Å². The summed E-state index contributed by atoms with van der Waals surface area (Å²) in [6.07, 6.45) is 10.8. The van der Waals surface area contributed by atoms with Crippen molar-refractivity contribution in [2.24, 2.45) is 5.92 Å². The summed E-state index contributed by atoms with van der Waals surface area (Å²) in [5.41, 5.74) is 1.41. The van der Waals surface area contributed by atoms with Crippen LogP contribution >= 0.6 is 0 Å². The number of likely N-dealkylation sites (tertiary alicyclic amines) is 1. The minimum absolute atomic E-state index is 0.566. The molecule has 0 amide bonds. The van der Waals surface area contributed by atoms with Crippen LogP contribution in [0.25, 0.3) is 0 Å². The van der Waals surface area contributed by atoms with Crippen LogP contribution in [0.1, 0.15) is 43.7 Å². The Kier molecular flexibility index (Phi) is 4.14. The lowest BCUT2D eigenvalue weighted by Gasteiger charge is -2.35. The lowest BCUT2D eigenvalue weighted by atomic mass is 9.89. The molecule has 1 saturated heterocycles. The molecule has 0 aromatic carbocycles. The van der Waals surface area contributed by atoms with Gasteiger partial charge in [0.1, 0.15) is 0 Å². The Morgan fingerprint density at radius 1 is 1.32 bits per heavy atom. The Balaban J connectivity index is 1.89. The fourth-order valence-electron chi connectivity index (χ4n) is 3.57. The number of hydrogen-bond acceptors (Lipinski definition) is 3. The van der Waals surface area contributed by atoms with Crippen LogP contribution in [0.3, 0.4) is 0 Å². The minimum Gasteiger partial charge on any atom is -0.319 e. The molecule has 1 N–H and O–H groups in total. The third-order valence-electron chi connectivity index (χ3n) is 4.55. The molecule has 1 aromatic rings. The number of aromatic nitrogens is 1. The van der Waals surface area contributed by atoms with Gasteiger partial charge in [-0.3, -0.25) is 9.88 Å². The van der Waals surface area contributed by atoms with Crippen molar-refractivity contribution in [3.8, 4) is 0 Å². The highest BCUT2D eigenvalue weighted by molar-refractivity contribution is 5.17. The molecule has 19 heavy (non-hydrogen) atoms. The number of hydrogen-bond donors (Lipinski definition) is 1. The lowest BCUT2D eigenvalue weighted by Crippen LogP contribution is -2.37. The molecule has 2 fully saturated rings. The van der Waals surface area contributed by atoms with Gasteiger partial charge >= 0.3 is 0 Å². The molecule has 2 atom stereocenters. The molecule has 1 aromatic heterocycles. The van der Waals surface area contributed by atoms with Gasteiger partial charge in [-0.25, -0.2) is 0 Å². The van der Waals surface area contributed by atoms with Gasteiger partial charge in [0.15, 0.2) is 0 Å². The van der Waals surface area contributed by atoms with Gasteiger partial charge in [0.2, 0.25) is 0 Å². The van der Waals surface area contributed by atoms with E-state index in [0.717, 1.165) is 18.5 Å². The molecule has 2 unspecified atom stereocenters. The molecule has 1 aliphatic heterocycles. The van der Waals surface area contributed by atoms with Crippen LogP contribution in [0.15, 0.2) is 24.5 Å². The monoisotopic (exact) mass is 259 g/mol. The van der Waals surface area contributed by atoms with Crippen LogP contribution in [0, 0.1) is 5.92 Å². The van der Waals surface area contributed by atoms with Crippen LogP contribution in [0.2, 0.25) is 0 Å². The maximum Gasteiger partial charge on any atom is 0.0406 e. The first kappa shape index (κ1) is 13.1. The van der Waals surface area contributed by atoms with Crippen molar-refractivity contribution < 1.29 is 0 Å². The summed E-state index contributed by atoms with van der Waals surface area (Å²) in [5, 5.41) is 3.40. The van der Waals surface area contributed by atoms with Gasteiger partial charge < -0.3 is 5.32 Å². The van der Waals surface area contributed by atoms with E-state index in [-0.39, 0.29) is 0 Å². The van der Waals surface area contributed by atoms with Gasteiger partial charge in [0, 0.05) is 24.5 Å². The number of rotatable bonds is 4. The van der Waals surface area contributed by atoms with E-state index in [1.54, 1.807) is 0 Å². The number of nitrogens with one attached hydrogen (secondary N) is 1. The summed E-state index contributed by atoms with van der Waals surface area (Å²) in [6.45, 7) is 2.38. The van der Waals surface area contributed by atoms with Crippen molar-refractivity contribution in [1.29, 1.82) is 0 Å². The molecule has 2 heterocycles. The third-order valence-corrected chi connectivity index (χ3v) is 4.55. The fourth-order valence-corrected chi connectivity index (χ4v) is 3.57.